The largest absolute Gasteiger partial charge is 0.457 e. The lowest BCUT2D eigenvalue weighted by Crippen LogP contribution is -1.94. The maximum absolute atomic E-state index is 11.5. The fourth-order valence-electron chi connectivity index (χ4n) is 1.51. The van der Waals surface area contributed by atoms with Gasteiger partial charge in [0.2, 0.25) is 0 Å². The third-order valence-electron chi connectivity index (χ3n) is 2.53. The number of nitrogens with one attached hydrogen (secondary N) is 1. The van der Waals surface area contributed by atoms with Gasteiger partial charge in [-0.05, 0) is 43.3 Å². The van der Waals surface area contributed by atoms with Gasteiger partial charge in [0.15, 0.2) is 0 Å². The molecule has 2 rings (SSSR count). The summed E-state index contributed by atoms with van der Waals surface area (Å²) in [5.74, 6) is 1.43. The summed E-state index contributed by atoms with van der Waals surface area (Å²) in [5, 5.41) is 0. The molecule has 0 aliphatic heterocycles. The fraction of sp³-hybridized carbons (Fsp3) is 0.143. The van der Waals surface area contributed by atoms with Crippen molar-refractivity contribution in [2.45, 2.75) is 11.8 Å². The van der Waals surface area contributed by atoms with Crippen LogP contribution in [0.5, 0.6) is 11.5 Å². The first-order chi connectivity index (χ1) is 8.45. The van der Waals surface area contributed by atoms with Crippen LogP contribution >= 0.6 is 0 Å². The third kappa shape index (κ3) is 3.11. The van der Waals surface area contributed by atoms with E-state index < -0.39 is 9.73 Å². The molecule has 0 saturated carbocycles. The van der Waals surface area contributed by atoms with Crippen LogP contribution in [-0.4, -0.2) is 10.5 Å². The number of hydrogen-bond donors (Lipinski definition) is 1. The molecule has 4 heteroatoms. The third-order valence-corrected chi connectivity index (χ3v) is 3.70. The summed E-state index contributed by atoms with van der Waals surface area (Å²) in [4.78, 5) is 0.513. The molecule has 0 radical (unpaired) electrons. The van der Waals surface area contributed by atoms with Gasteiger partial charge in [0.1, 0.15) is 11.5 Å². The van der Waals surface area contributed by atoms with Gasteiger partial charge < -0.3 is 4.74 Å². The lowest BCUT2D eigenvalue weighted by molar-refractivity contribution is 0.482. The van der Waals surface area contributed by atoms with E-state index in [-0.39, 0.29) is 0 Å². The molecule has 3 nitrogen and oxygen atoms in total. The number of hydrogen-bond acceptors (Lipinski definition) is 3. The van der Waals surface area contributed by atoms with Crippen molar-refractivity contribution >= 4 is 9.73 Å². The highest BCUT2D eigenvalue weighted by atomic mass is 32.2. The Morgan fingerprint density at radius 3 is 1.83 bits per heavy atom. The van der Waals surface area contributed by atoms with E-state index in [0.29, 0.717) is 10.6 Å². The Labute approximate surface area is 107 Å². The zero-order valence-corrected chi connectivity index (χ0v) is 11.2. The minimum absolute atomic E-state index is 0.513. The smallest absolute Gasteiger partial charge is 0.127 e. The molecule has 2 aromatic rings. The molecule has 0 heterocycles. The molecule has 94 valence electrons. The Hall–Kier alpha value is -1.81. The van der Waals surface area contributed by atoms with Crippen LogP contribution in [0.3, 0.4) is 0 Å². The normalized spacial score (nSPS) is 13.9. The Kier molecular flexibility index (Phi) is 3.39. The van der Waals surface area contributed by atoms with Gasteiger partial charge in [-0.1, -0.05) is 17.7 Å². The fourth-order valence-corrected chi connectivity index (χ4v) is 2.17. The minimum atomic E-state index is -2.65. The first-order valence-corrected chi connectivity index (χ1v) is 7.50. The minimum Gasteiger partial charge on any atom is -0.457 e. The second-order valence-corrected chi connectivity index (χ2v) is 6.39. The van der Waals surface area contributed by atoms with Crippen molar-refractivity contribution in [3.05, 3.63) is 54.1 Å². The Morgan fingerprint density at radius 2 is 1.39 bits per heavy atom. The maximum atomic E-state index is 11.5. The lowest BCUT2D eigenvalue weighted by atomic mass is 10.2. The quantitative estimate of drug-likeness (QED) is 0.913. The van der Waals surface area contributed by atoms with Gasteiger partial charge in [0.25, 0.3) is 0 Å². The SMILES string of the molecule is Cc1ccc(Oc2ccc(S(C)(=N)=O)cc2)cc1. The molecule has 0 aromatic heterocycles. The van der Waals surface area contributed by atoms with E-state index >= 15 is 0 Å². The molecule has 0 aliphatic carbocycles. The molecular formula is C14H15NO2S. The molecule has 0 bridgehead atoms. The van der Waals surface area contributed by atoms with Gasteiger partial charge in [-0.25, -0.2) is 8.99 Å². The second kappa shape index (κ2) is 4.82. The van der Waals surface area contributed by atoms with Crippen LogP contribution < -0.4 is 4.74 Å². The molecule has 0 spiro atoms. The van der Waals surface area contributed by atoms with Gasteiger partial charge in [0, 0.05) is 11.2 Å². The number of aryl methyl sites for hydroxylation is 1. The van der Waals surface area contributed by atoms with E-state index in [4.69, 9.17) is 9.52 Å². The first-order valence-electron chi connectivity index (χ1n) is 5.53. The van der Waals surface area contributed by atoms with Crippen LogP contribution in [0.15, 0.2) is 53.4 Å². The van der Waals surface area contributed by atoms with Crippen molar-refractivity contribution in [3.63, 3.8) is 0 Å². The van der Waals surface area contributed by atoms with Crippen molar-refractivity contribution in [3.8, 4) is 11.5 Å². The molecule has 0 amide bonds. The topological polar surface area (TPSA) is 50.1 Å². The summed E-state index contributed by atoms with van der Waals surface area (Å²) >= 11 is 0. The Bertz CT molecular complexity index is 628. The maximum Gasteiger partial charge on any atom is 0.127 e. The van der Waals surface area contributed by atoms with E-state index in [1.54, 1.807) is 24.3 Å². The van der Waals surface area contributed by atoms with E-state index in [0.717, 1.165) is 5.75 Å². The molecule has 2 aromatic carbocycles. The number of benzene rings is 2. The zero-order chi connectivity index (χ0) is 13.2. The average Bonchev–Trinajstić information content (AvgIpc) is 2.32. The lowest BCUT2D eigenvalue weighted by Gasteiger charge is -2.07. The van der Waals surface area contributed by atoms with Crippen molar-refractivity contribution in [2.24, 2.45) is 0 Å². The van der Waals surface area contributed by atoms with Gasteiger partial charge in [0.05, 0.1) is 9.73 Å². The summed E-state index contributed by atoms with van der Waals surface area (Å²) in [7, 11) is -2.65. The van der Waals surface area contributed by atoms with Crippen LogP contribution in [0.1, 0.15) is 5.56 Å². The highest BCUT2D eigenvalue weighted by molar-refractivity contribution is 7.91. The summed E-state index contributed by atoms with van der Waals surface area (Å²) in [6.45, 7) is 2.02. The van der Waals surface area contributed by atoms with E-state index in [1.807, 2.05) is 31.2 Å². The summed E-state index contributed by atoms with van der Waals surface area (Å²) in [5.41, 5.74) is 1.18. The summed E-state index contributed by atoms with van der Waals surface area (Å²) in [6.07, 6.45) is 1.41. The van der Waals surface area contributed by atoms with E-state index in [1.165, 1.54) is 11.8 Å². The van der Waals surface area contributed by atoms with Gasteiger partial charge in [-0.15, -0.1) is 0 Å². The molecule has 1 atom stereocenters. The van der Waals surface area contributed by atoms with Crippen molar-refractivity contribution in [2.75, 3.05) is 6.26 Å². The predicted octanol–water partition coefficient (Wildman–Crippen LogP) is 3.82. The van der Waals surface area contributed by atoms with E-state index in [2.05, 4.69) is 0 Å². The highest BCUT2D eigenvalue weighted by Gasteiger charge is 2.03. The average molecular weight is 261 g/mol. The van der Waals surface area contributed by atoms with Crippen molar-refractivity contribution < 1.29 is 8.95 Å². The number of rotatable bonds is 3. The first kappa shape index (κ1) is 12.6. The second-order valence-electron chi connectivity index (χ2n) is 4.23. The molecule has 0 fully saturated rings. The van der Waals surface area contributed by atoms with Gasteiger partial charge >= 0.3 is 0 Å². The van der Waals surface area contributed by atoms with E-state index in [9.17, 15) is 4.21 Å². The summed E-state index contributed by atoms with van der Waals surface area (Å²) in [6, 6.07) is 14.5. The molecule has 0 saturated heterocycles. The van der Waals surface area contributed by atoms with Gasteiger partial charge in [-0.3, -0.25) is 0 Å². The van der Waals surface area contributed by atoms with Crippen LogP contribution in [0.2, 0.25) is 0 Å². The number of ether oxygens (including phenoxy) is 1. The molecular weight excluding hydrogens is 246 g/mol. The molecule has 1 N–H and O–H groups in total. The molecule has 1 unspecified atom stereocenters. The Morgan fingerprint density at radius 1 is 0.944 bits per heavy atom. The molecule has 0 aliphatic rings. The predicted molar refractivity (Wildman–Crippen MR) is 72.7 cm³/mol. The van der Waals surface area contributed by atoms with Crippen LogP contribution in [0.4, 0.5) is 0 Å². The van der Waals surface area contributed by atoms with Crippen molar-refractivity contribution in [1.82, 2.24) is 0 Å². The van der Waals surface area contributed by atoms with Crippen LogP contribution in [0, 0.1) is 11.7 Å². The molecule has 18 heavy (non-hydrogen) atoms. The van der Waals surface area contributed by atoms with Crippen LogP contribution in [0.25, 0.3) is 0 Å². The zero-order valence-electron chi connectivity index (χ0n) is 10.3. The highest BCUT2D eigenvalue weighted by Crippen LogP contribution is 2.23. The summed E-state index contributed by atoms with van der Waals surface area (Å²) < 4.78 is 24.6. The standard InChI is InChI=1S/C14H15NO2S/c1-11-3-5-12(6-4-11)17-13-7-9-14(10-8-13)18(2,15)16/h3-10,15H,1-2H3. The van der Waals surface area contributed by atoms with Gasteiger partial charge in [-0.2, -0.15) is 0 Å². The Balaban J connectivity index is 2.18. The van der Waals surface area contributed by atoms with Crippen LogP contribution in [-0.2, 0) is 9.73 Å². The van der Waals surface area contributed by atoms with Crippen molar-refractivity contribution in [1.29, 1.82) is 4.78 Å². The monoisotopic (exact) mass is 261 g/mol.